The van der Waals surface area contributed by atoms with Crippen LogP contribution in [0.15, 0.2) is 12.2 Å². The Kier molecular flexibility index (Phi) is 2.99. The molecule has 0 radical (unpaired) electrons. The first-order valence-electron chi connectivity index (χ1n) is 11.0. The molecule has 5 aliphatic carbocycles. The summed E-state index contributed by atoms with van der Waals surface area (Å²) in [5.41, 5.74) is -0.0521. The van der Waals surface area contributed by atoms with Gasteiger partial charge in [0.25, 0.3) is 0 Å². The third-order valence-electron chi connectivity index (χ3n) is 10.9. The molecule has 5 heteroatoms. The fourth-order valence-electron chi connectivity index (χ4n) is 10.3. The van der Waals surface area contributed by atoms with E-state index >= 15 is 0 Å². The van der Waals surface area contributed by atoms with Crippen molar-refractivity contribution >= 4 is 0 Å². The van der Waals surface area contributed by atoms with E-state index in [1.54, 1.807) is 0 Å². The van der Waals surface area contributed by atoms with Crippen LogP contribution >= 0.6 is 0 Å². The van der Waals surface area contributed by atoms with E-state index in [0.29, 0.717) is 25.4 Å². The molecule has 0 amide bonds. The zero-order valence-corrected chi connectivity index (χ0v) is 16.5. The summed E-state index contributed by atoms with van der Waals surface area (Å²) < 4.78 is -0.215. The topological polar surface area (TPSA) is 83.8 Å². The number of nitrogens with zero attached hydrogens (tertiary/aromatic N) is 1. The normalized spacial score (nSPS) is 68.3. The number of fused-ring (bicyclic) bond motifs is 1. The Balaban J connectivity index is 1.63. The summed E-state index contributed by atoms with van der Waals surface area (Å²) in [6, 6.07) is -0.132. The van der Waals surface area contributed by atoms with E-state index in [-0.39, 0.29) is 39.3 Å². The summed E-state index contributed by atoms with van der Waals surface area (Å²) >= 11 is 0. The summed E-state index contributed by atoms with van der Waals surface area (Å²) in [7, 11) is 0. The van der Waals surface area contributed by atoms with E-state index in [2.05, 4.69) is 13.5 Å². The molecule has 0 aromatic rings. The van der Waals surface area contributed by atoms with Gasteiger partial charge in [-0.1, -0.05) is 13.5 Å². The van der Waals surface area contributed by atoms with Gasteiger partial charge < -0.3 is 25.2 Å². The maximum absolute atomic E-state index is 14.2. The van der Waals surface area contributed by atoms with Gasteiger partial charge in [-0.2, -0.15) is 0 Å². The minimum Gasteiger partial charge on any atom is -0.633 e. The maximum Gasteiger partial charge on any atom is 0.101 e. The van der Waals surface area contributed by atoms with Crippen LogP contribution in [0.1, 0.15) is 46.0 Å². The molecule has 5 saturated carbocycles. The van der Waals surface area contributed by atoms with E-state index in [0.717, 1.165) is 31.3 Å². The Hall–Kier alpha value is -0.460. The highest BCUT2D eigenvalue weighted by atomic mass is 16.5. The van der Waals surface area contributed by atoms with Crippen molar-refractivity contribution in [1.82, 2.24) is 0 Å². The van der Waals surface area contributed by atoms with Crippen molar-refractivity contribution in [3.8, 4) is 0 Å². The maximum atomic E-state index is 14.2. The monoisotopic (exact) mass is 375 g/mol. The van der Waals surface area contributed by atoms with Crippen LogP contribution in [-0.2, 0) is 0 Å². The molecule has 6 rings (SSSR count). The largest absolute Gasteiger partial charge is 0.633 e. The Morgan fingerprint density at radius 1 is 1.22 bits per heavy atom. The first-order chi connectivity index (χ1) is 12.7. The third-order valence-corrected chi connectivity index (χ3v) is 10.9. The highest BCUT2D eigenvalue weighted by Crippen LogP contribution is 2.84. The SMILES string of the molecule is C=C1[C@@H](O)[C@]23C[C@@H]1[C@@H](O)C[C@H]2[C@@]12C4[C@H]3C[C@@H]1[C@@](C)(CC[C@@H]2O)C[N@@+]4([O-])CC. The molecule has 150 valence electrons. The van der Waals surface area contributed by atoms with Gasteiger partial charge in [-0.15, -0.1) is 0 Å². The van der Waals surface area contributed by atoms with Crippen LogP contribution in [0.5, 0.6) is 0 Å². The molecule has 1 unspecified atom stereocenters. The van der Waals surface area contributed by atoms with Crippen molar-refractivity contribution in [2.45, 2.75) is 70.3 Å². The smallest absolute Gasteiger partial charge is 0.101 e. The van der Waals surface area contributed by atoms with E-state index in [4.69, 9.17) is 0 Å². The first-order valence-corrected chi connectivity index (χ1v) is 11.0. The predicted molar refractivity (Wildman–Crippen MR) is 100 cm³/mol. The van der Waals surface area contributed by atoms with Crippen LogP contribution in [-0.4, -0.2) is 57.4 Å². The molecule has 7 bridgehead atoms. The van der Waals surface area contributed by atoms with Crippen molar-refractivity contribution in [3.63, 3.8) is 0 Å². The molecule has 1 aliphatic heterocycles. The van der Waals surface area contributed by atoms with Gasteiger partial charge in [-0.3, -0.25) is 0 Å². The van der Waals surface area contributed by atoms with Crippen LogP contribution in [0.3, 0.4) is 0 Å². The lowest BCUT2D eigenvalue weighted by Gasteiger charge is -2.68. The van der Waals surface area contributed by atoms with Crippen molar-refractivity contribution in [3.05, 3.63) is 17.4 Å². The molecule has 2 spiro atoms. The van der Waals surface area contributed by atoms with Crippen molar-refractivity contribution in [2.75, 3.05) is 13.1 Å². The van der Waals surface area contributed by atoms with Crippen LogP contribution < -0.4 is 0 Å². The summed E-state index contributed by atoms with van der Waals surface area (Å²) in [6.45, 7) is 9.62. The number of aliphatic hydroxyl groups is 3. The van der Waals surface area contributed by atoms with Gasteiger partial charge in [0.05, 0.1) is 36.8 Å². The lowest BCUT2D eigenvalue weighted by Crippen LogP contribution is -2.73. The molecule has 6 aliphatic rings. The predicted octanol–water partition coefficient (Wildman–Crippen LogP) is 1.80. The second-order valence-corrected chi connectivity index (χ2v) is 11.2. The second kappa shape index (κ2) is 4.65. The lowest BCUT2D eigenvalue weighted by atomic mass is 9.43. The number of hydrogen-bond acceptors (Lipinski definition) is 4. The first kappa shape index (κ1) is 17.4. The van der Waals surface area contributed by atoms with Crippen molar-refractivity contribution in [1.29, 1.82) is 0 Å². The molecule has 0 aromatic heterocycles. The fraction of sp³-hybridized carbons (Fsp3) is 0.909. The molecule has 1 heterocycles. The van der Waals surface area contributed by atoms with Gasteiger partial charge in [-0.05, 0) is 56.4 Å². The molecular weight excluding hydrogens is 342 g/mol. The molecule has 0 aromatic carbocycles. The van der Waals surface area contributed by atoms with Gasteiger partial charge in [-0.25, -0.2) is 0 Å². The van der Waals surface area contributed by atoms with E-state index in [1.165, 1.54) is 0 Å². The Morgan fingerprint density at radius 3 is 2.67 bits per heavy atom. The number of hydroxylamine groups is 3. The Morgan fingerprint density at radius 2 is 1.96 bits per heavy atom. The van der Waals surface area contributed by atoms with Crippen LogP contribution in [0.4, 0.5) is 0 Å². The van der Waals surface area contributed by atoms with E-state index < -0.39 is 23.7 Å². The second-order valence-electron chi connectivity index (χ2n) is 11.2. The quantitative estimate of drug-likeness (QED) is 0.371. The summed E-state index contributed by atoms with van der Waals surface area (Å²) in [4.78, 5) is 0. The Labute approximate surface area is 161 Å². The number of quaternary nitrogens is 1. The average molecular weight is 376 g/mol. The standard InChI is InChI=1S/C22H33NO4/c1-4-23(27)10-20(3)6-5-17(25)22-15(20)7-13(18(22)23)21-9-12(11(2)19(21)26)14(24)8-16(21)22/h12-19,24-26H,2,4-10H2,1,3H3/t12-,13+,14-,15+,16+,17-,18?,19+,20-,21-,22-,23-/m0/s1. The number of piperidine rings is 1. The summed E-state index contributed by atoms with van der Waals surface area (Å²) in [6.07, 6.45) is 2.37. The lowest BCUT2D eigenvalue weighted by molar-refractivity contribution is -0.927. The van der Waals surface area contributed by atoms with Crippen LogP contribution in [0.25, 0.3) is 0 Å². The minimum atomic E-state index is -0.638. The number of rotatable bonds is 1. The molecular formula is C22H33NO4. The van der Waals surface area contributed by atoms with E-state index in [1.807, 2.05) is 6.92 Å². The third kappa shape index (κ3) is 1.49. The highest BCUT2D eigenvalue weighted by Gasteiger charge is 2.88. The number of likely N-dealkylation sites (tertiary alicyclic amines) is 1. The summed E-state index contributed by atoms with van der Waals surface area (Å²) in [5, 5.41) is 48.0. The van der Waals surface area contributed by atoms with Gasteiger partial charge in [0.1, 0.15) is 6.04 Å². The van der Waals surface area contributed by atoms with Gasteiger partial charge >= 0.3 is 0 Å². The van der Waals surface area contributed by atoms with Gasteiger partial charge in [0.2, 0.25) is 0 Å². The molecule has 27 heavy (non-hydrogen) atoms. The zero-order chi connectivity index (χ0) is 19.1. The molecule has 1 saturated heterocycles. The van der Waals surface area contributed by atoms with Gasteiger partial charge in [0, 0.05) is 22.7 Å². The molecule has 6 fully saturated rings. The molecule has 3 N–H and O–H groups in total. The van der Waals surface area contributed by atoms with Crippen molar-refractivity contribution < 1.29 is 20.0 Å². The number of aliphatic hydroxyl groups excluding tert-OH is 3. The van der Waals surface area contributed by atoms with E-state index in [9.17, 15) is 20.5 Å². The molecule has 5 nitrogen and oxygen atoms in total. The van der Waals surface area contributed by atoms with Crippen molar-refractivity contribution in [2.24, 2.45) is 39.9 Å². The average Bonchev–Trinajstić information content (AvgIpc) is 3.17. The highest BCUT2D eigenvalue weighted by molar-refractivity contribution is 5.38. The zero-order valence-electron chi connectivity index (χ0n) is 16.5. The Bertz CT molecular complexity index is 742. The minimum absolute atomic E-state index is 0.0344. The fourth-order valence-corrected chi connectivity index (χ4v) is 10.3. The number of hydrogen-bond donors (Lipinski definition) is 3. The van der Waals surface area contributed by atoms with Crippen LogP contribution in [0, 0.1) is 45.1 Å². The summed E-state index contributed by atoms with van der Waals surface area (Å²) in [5.74, 6) is 0.473. The molecule has 12 atom stereocenters. The van der Waals surface area contributed by atoms with Crippen LogP contribution in [0.2, 0.25) is 0 Å². The van der Waals surface area contributed by atoms with Gasteiger partial charge in [0.15, 0.2) is 0 Å².